The second-order valence-corrected chi connectivity index (χ2v) is 9.65. The standard InChI is InChI=1S/C17H33N3O3S/c1-5-24(22,23)20-11-9-19(10-12-20)15(4)17(21)18-16-8-6-7-13(2)14(16)3/h13-16H,5-12H2,1-4H3,(H,18,21). The minimum absolute atomic E-state index is 0.0766. The van der Waals surface area contributed by atoms with E-state index in [0.29, 0.717) is 38.0 Å². The van der Waals surface area contributed by atoms with Gasteiger partial charge < -0.3 is 5.32 Å². The van der Waals surface area contributed by atoms with Crippen LogP contribution in [-0.2, 0) is 14.8 Å². The van der Waals surface area contributed by atoms with E-state index in [1.54, 1.807) is 11.2 Å². The molecule has 6 nitrogen and oxygen atoms in total. The predicted octanol–water partition coefficient (Wildman–Crippen LogP) is 1.28. The average molecular weight is 360 g/mol. The van der Waals surface area contributed by atoms with Crippen LogP contribution in [0, 0.1) is 11.8 Å². The van der Waals surface area contributed by atoms with E-state index in [9.17, 15) is 13.2 Å². The van der Waals surface area contributed by atoms with Crippen molar-refractivity contribution in [3.05, 3.63) is 0 Å². The molecule has 2 aliphatic rings. The number of sulfonamides is 1. The van der Waals surface area contributed by atoms with Crippen molar-refractivity contribution in [2.45, 2.75) is 59.0 Å². The van der Waals surface area contributed by atoms with Gasteiger partial charge in [0.2, 0.25) is 15.9 Å². The molecule has 0 aromatic rings. The van der Waals surface area contributed by atoms with Crippen LogP contribution in [0.1, 0.15) is 47.0 Å². The predicted molar refractivity (Wildman–Crippen MR) is 96.2 cm³/mol. The first-order valence-electron chi connectivity index (χ1n) is 9.28. The van der Waals surface area contributed by atoms with Crippen molar-refractivity contribution in [1.29, 1.82) is 0 Å². The molecule has 1 heterocycles. The Bertz CT molecular complexity index is 529. The maximum Gasteiger partial charge on any atom is 0.237 e. The van der Waals surface area contributed by atoms with Gasteiger partial charge in [0, 0.05) is 32.2 Å². The zero-order chi connectivity index (χ0) is 17.9. The molecule has 1 amide bonds. The van der Waals surface area contributed by atoms with Crippen LogP contribution in [0.25, 0.3) is 0 Å². The molecule has 0 radical (unpaired) electrons. The van der Waals surface area contributed by atoms with E-state index >= 15 is 0 Å². The van der Waals surface area contributed by atoms with Crippen molar-refractivity contribution < 1.29 is 13.2 Å². The number of hydrogen-bond donors (Lipinski definition) is 1. The van der Waals surface area contributed by atoms with Gasteiger partial charge in [0.05, 0.1) is 11.8 Å². The summed E-state index contributed by atoms with van der Waals surface area (Å²) in [6, 6.07) is 0.0615. The van der Waals surface area contributed by atoms with Gasteiger partial charge in [-0.1, -0.05) is 26.7 Å². The molecule has 0 bridgehead atoms. The lowest BCUT2D eigenvalue weighted by atomic mass is 9.78. The van der Waals surface area contributed by atoms with Crippen LogP contribution in [0.3, 0.4) is 0 Å². The van der Waals surface area contributed by atoms with E-state index in [2.05, 4.69) is 24.1 Å². The maximum atomic E-state index is 12.6. The Labute approximate surface area is 147 Å². The lowest BCUT2D eigenvalue weighted by Crippen LogP contribution is -2.56. The molecular formula is C17H33N3O3S. The SMILES string of the molecule is CCS(=O)(=O)N1CCN(C(C)C(=O)NC2CCCC(C)C2C)CC1. The molecule has 140 valence electrons. The number of carbonyl (C=O) groups excluding carboxylic acids is 1. The topological polar surface area (TPSA) is 69.7 Å². The molecule has 7 heteroatoms. The first-order chi connectivity index (χ1) is 11.3. The van der Waals surface area contributed by atoms with E-state index in [1.165, 1.54) is 12.8 Å². The van der Waals surface area contributed by atoms with Gasteiger partial charge in [-0.15, -0.1) is 0 Å². The third-order valence-corrected chi connectivity index (χ3v) is 7.87. The molecule has 2 fully saturated rings. The largest absolute Gasteiger partial charge is 0.352 e. The fraction of sp³-hybridized carbons (Fsp3) is 0.941. The summed E-state index contributed by atoms with van der Waals surface area (Å²) in [5.74, 6) is 1.39. The first-order valence-corrected chi connectivity index (χ1v) is 10.9. The fourth-order valence-electron chi connectivity index (χ4n) is 3.81. The Hall–Kier alpha value is -0.660. The summed E-state index contributed by atoms with van der Waals surface area (Å²) < 4.78 is 25.4. The van der Waals surface area contributed by atoms with Crippen molar-refractivity contribution >= 4 is 15.9 Å². The van der Waals surface area contributed by atoms with E-state index in [4.69, 9.17) is 0 Å². The van der Waals surface area contributed by atoms with Crippen molar-refractivity contribution in [1.82, 2.24) is 14.5 Å². The molecule has 1 aliphatic carbocycles. The summed E-state index contributed by atoms with van der Waals surface area (Å²) in [5, 5.41) is 3.24. The van der Waals surface area contributed by atoms with Gasteiger partial charge >= 0.3 is 0 Å². The quantitative estimate of drug-likeness (QED) is 0.803. The van der Waals surface area contributed by atoms with Crippen molar-refractivity contribution in [3.63, 3.8) is 0 Å². The highest BCUT2D eigenvalue weighted by Gasteiger charge is 2.33. The van der Waals surface area contributed by atoms with Gasteiger partial charge in [-0.3, -0.25) is 9.69 Å². The normalized spacial score (nSPS) is 31.6. The second kappa shape index (κ2) is 8.15. The molecule has 1 N–H and O–H groups in total. The highest BCUT2D eigenvalue weighted by Crippen LogP contribution is 2.29. The van der Waals surface area contributed by atoms with E-state index in [0.717, 1.165) is 6.42 Å². The Morgan fingerprint density at radius 2 is 1.79 bits per heavy atom. The summed E-state index contributed by atoms with van der Waals surface area (Å²) in [6.07, 6.45) is 3.49. The van der Waals surface area contributed by atoms with Gasteiger partial charge in [0.1, 0.15) is 0 Å². The lowest BCUT2D eigenvalue weighted by molar-refractivity contribution is -0.127. The second-order valence-electron chi connectivity index (χ2n) is 7.39. The summed E-state index contributed by atoms with van der Waals surface area (Å²) in [5.41, 5.74) is 0. The van der Waals surface area contributed by atoms with Gasteiger partial charge in [-0.05, 0) is 32.1 Å². The molecule has 1 aliphatic heterocycles. The number of amides is 1. The molecule has 0 spiro atoms. The fourth-order valence-corrected chi connectivity index (χ4v) is 4.89. The van der Waals surface area contributed by atoms with E-state index < -0.39 is 10.0 Å². The van der Waals surface area contributed by atoms with Crippen LogP contribution in [0.4, 0.5) is 0 Å². The van der Waals surface area contributed by atoms with Crippen LogP contribution >= 0.6 is 0 Å². The van der Waals surface area contributed by atoms with Crippen molar-refractivity contribution in [2.24, 2.45) is 11.8 Å². The minimum Gasteiger partial charge on any atom is -0.352 e. The molecule has 4 unspecified atom stereocenters. The van der Waals surface area contributed by atoms with E-state index in [1.807, 2.05) is 6.92 Å². The Balaban J connectivity index is 1.86. The molecule has 24 heavy (non-hydrogen) atoms. The lowest BCUT2D eigenvalue weighted by Gasteiger charge is -2.39. The molecule has 4 atom stereocenters. The zero-order valence-electron chi connectivity index (χ0n) is 15.5. The third kappa shape index (κ3) is 4.49. The summed E-state index contributed by atoms with van der Waals surface area (Å²) in [4.78, 5) is 14.7. The van der Waals surface area contributed by atoms with Crippen LogP contribution in [0.5, 0.6) is 0 Å². The molecule has 0 aromatic heterocycles. The minimum atomic E-state index is -3.12. The Morgan fingerprint density at radius 1 is 1.17 bits per heavy atom. The average Bonchev–Trinajstić information content (AvgIpc) is 2.58. The summed E-state index contributed by atoms with van der Waals surface area (Å²) >= 11 is 0. The number of piperazine rings is 1. The molecule has 1 saturated carbocycles. The van der Waals surface area contributed by atoms with Crippen LogP contribution in [0.2, 0.25) is 0 Å². The number of nitrogens with one attached hydrogen (secondary N) is 1. The highest BCUT2D eigenvalue weighted by molar-refractivity contribution is 7.89. The van der Waals surface area contributed by atoms with Crippen LogP contribution < -0.4 is 5.32 Å². The number of hydrogen-bond acceptors (Lipinski definition) is 4. The van der Waals surface area contributed by atoms with Crippen molar-refractivity contribution in [3.8, 4) is 0 Å². The summed E-state index contributed by atoms with van der Waals surface area (Å²) in [6.45, 7) is 10.3. The number of rotatable bonds is 5. The van der Waals surface area contributed by atoms with Gasteiger partial charge in [-0.2, -0.15) is 4.31 Å². The third-order valence-electron chi connectivity index (χ3n) is 5.99. The monoisotopic (exact) mass is 359 g/mol. The number of carbonyl (C=O) groups is 1. The molecular weight excluding hydrogens is 326 g/mol. The molecule has 0 aromatic carbocycles. The number of nitrogens with zero attached hydrogens (tertiary/aromatic N) is 2. The maximum absolute atomic E-state index is 12.6. The van der Waals surface area contributed by atoms with Crippen LogP contribution in [-0.4, -0.2) is 67.5 Å². The van der Waals surface area contributed by atoms with E-state index in [-0.39, 0.29) is 23.7 Å². The first kappa shape index (κ1) is 19.7. The van der Waals surface area contributed by atoms with Crippen LogP contribution in [0.15, 0.2) is 0 Å². The Morgan fingerprint density at radius 3 is 2.38 bits per heavy atom. The molecule has 1 saturated heterocycles. The smallest absolute Gasteiger partial charge is 0.237 e. The van der Waals surface area contributed by atoms with Gasteiger partial charge in [0.15, 0.2) is 0 Å². The van der Waals surface area contributed by atoms with Gasteiger partial charge in [0.25, 0.3) is 0 Å². The molecule has 2 rings (SSSR count). The summed E-state index contributed by atoms with van der Waals surface area (Å²) in [7, 11) is -3.12. The van der Waals surface area contributed by atoms with Crippen molar-refractivity contribution in [2.75, 3.05) is 31.9 Å². The zero-order valence-corrected chi connectivity index (χ0v) is 16.3. The highest BCUT2D eigenvalue weighted by atomic mass is 32.2. The Kier molecular flexibility index (Phi) is 6.67. The van der Waals surface area contributed by atoms with Gasteiger partial charge in [-0.25, -0.2) is 8.42 Å².